The lowest BCUT2D eigenvalue weighted by Gasteiger charge is -2.25. The molecular formula is C29H31F2N5O3. The quantitative estimate of drug-likeness (QED) is 0.245. The monoisotopic (exact) mass is 535 g/mol. The Kier molecular flexibility index (Phi) is 9.82. The van der Waals surface area contributed by atoms with Crippen LogP contribution in [0.2, 0.25) is 0 Å². The van der Waals surface area contributed by atoms with Gasteiger partial charge < -0.3 is 20.3 Å². The number of carbonyl (C=O) groups excluding carboxylic acids is 1. The summed E-state index contributed by atoms with van der Waals surface area (Å²) in [5, 5.41) is 7.19. The standard InChI is InChI=1S/C29H31F2N5O3/c1-2-19-6-5-7-20(12-19)17-33-18-26(24(32)15-21-13-22(30)16-23(31)14-21)38-28(37)10-9-27-35-29(36-39-27)25-8-3-4-11-34-25/h3-8,11-14,16,24,26,33H,2,9-10,15,17-18,32H2,1H3/t24-,26+/m0/s1. The van der Waals surface area contributed by atoms with Crippen molar-refractivity contribution >= 4 is 5.97 Å². The molecular weight excluding hydrogens is 504 g/mol. The maximum atomic E-state index is 13.7. The van der Waals surface area contributed by atoms with E-state index in [1.165, 1.54) is 17.7 Å². The van der Waals surface area contributed by atoms with E-state index in [0.29, 0.717) is 23.6 Å². The Morgan fingerprint density at radius 2 is 1.85 bits per heavy atom. The molecule has 204 valence electrons. The van der Waals surface area contributed by atoms with E-state index >= 15 is 0 Å². The topological polar surface area (TPSA) is 116 Å². The first-order valence-electron chi connectivity index (χ1n) is 12.8. The first-order valence-corrected chi connectivity index (χ1v) is 12.8. The van der Waals surface area contributed by atoms with Gasteiger partial charge in [0.1, 0.15) is 23.4 Å². The van der Waals surface area contributed by atoms with Gasteiger partial charge in [-0.15, -0.1) is 0 Å². The molecule has 39 heavy (non-hydrogen) atoms. The maximum Gasteiger partial charge on any atom is 0.306 e. The highest BCUT2D eigenvalue weighted by atomic mass is 19.1. The molecule has 8 nitrogen and oxygen atoms in total. The fourth-order valence-corrected chi connectivity index (χ4v) is 4.12. The predicted octanol–water partition coefficient (Wildman–Crippen LogP) is 4.18. The average molecular weight is 536 g/mol. The molecule has 2 aromatic heterocycles. The summed E-state index contributed by atoms with van der Waals surface area (Å²) in [6.07, 6.45) is 2.08. The highest BCUT2D eigenvalue weighted by Crippen LogP contribution is 2.15. The average Bonchev–Trinajstić information content (AvgIpc) is 3.40. The zero-order valence-electron chi connectivity index (χ0n) is 21.6. The van der Waals surface area contributed by atoms with Gasteiger partial charge in [-0.05, 0) is 53.8 Å². The number of nitrogens with one attached hydrogen (secondary N) is 1. The van der Waals surface area contributed by atoms with E-state index in [9.17, 15) is 13.6 Å². The van der Waals surface area contributed by atoms with Gasteiger partial charge in [-0.25, -0.2) is 8.78 Å². The Balaban J connectivity index is 1.37. The molecule has 4 rings (SSSR count). The SMILES string of the molecule is CCc1cccc(CNC[C@@H](OC(=O)CCc2nc(-c3ccccn3)no2)[C@@H](N)Cc2cc(F)cc(F)c2)c1. The predicted molar refractivity (Wildman–Crippen MR) is 141 cm³/mol. The number of aryl methyl sites for hydroxylation is 2. The van der Waals surface area contributed by atoms with Crippen molar-refractivity contribution in [3.8, 4) is 11.5 Å². The zero-order chi connectivity index (χ0) is 27.6. The molecule has 0 aliphatic carbocycles. The molecule has 2 aromatic carbocycles. The summed E-state index contributed by atoms with van der Waals surface area (Å²) in [6.45, 7) is 2.89. The zero-order valence-corrected chi connectivity index (χ0v) is 21.6. The molecule has 0 fully saturated rings. The number of hydrogen-bond donors (Lipinski definition) is 2. The Bertz CT molecular complexity index is 1350. The van der Waals surface area contributed by atoms with Crippen LogP contribution in [0, 0.1) is 11.6 Å². The minimum atomic E-state index is -0.745. The molecule has 10 heteroatoms. The number of nitrogens with two attached hydrogens (primary N) is 1. The molecule has 2 atom stereocenters. The van der Waals surface area contributed by atoms with Crippen LogP contribution in [-0.4, -0.2) is 39.8 Å². The van der Waals surface area contributed by atoms with E-state index in [1.807, 2.05) is 18.2 Å². The number of aromatic nitrogens is 3. The molecule has 0 radical (unpaired) electrons. The third-order valence-electron chi connectivity index (χ3n) is 6.13. The van der Waals surface area contributed by atoms with E-state index in [-0.39, 0.29) is 31.7 Å². The molecule has 2 heterocycles. The van der Waals surface area contributed by atoms with Crippen molar-refractivity contribution in [3.05, 3.63) is 101 Å². The number of hydrogen-bond acceptors (Lipinski definition) is 8. The van der Waals surface area contributed by atoms with Crippen LogP contribution in [-0.2, 0) is 35.3 Å². The molecule has 4 aromatic rings. The Morgan fingerprint density at radius 3 is 2.59 bits per heavy atom. The number of esters is 1. The molecule has 0 aliphatic heterocycles. The maximum absolute atomic E-state index is 13.7. The van der Waals surface area contributed by atoms with Crippen LogP contribution in [0.25, 0.3) is 11.5 Å². The molecule has 0 saturated heterocycles. The number of carbonyl (C=O) groups is 1. The molecule has 0 spiro atoms. The summed E-state index contributed by atoms with van der Waals surface area (Å²) in [5.41, 5.74) is 9.63. The number of pyridine rings is 1. The fourth-order valence-electron chi connectivity index (χ4n) is 4.12. The van der Waals surface area contributed by atoms with Gasteiger partial charge in [0, 0.05) is 37.8 Å². The van der Waals surface area contributed by atoms with E-state index < -0.39 is 29.7 Å². The van der Waals surface area contributed by atoms with Gasteiger partial charge in [0.2, 0.25) is 11.7 Å². The van der Waals surface area contributed by atoms with Crippen molar-refractivity contribution in [1.29, 1.82) is 0 Å². The highest BCUT2D eigenvalue weighted by Gasteiger charge is 2.23. The van der Waals surface area contributed by atoms with Gasteiger partial charge in [0.05, 0.1) is 6.42 Å². The van der Waals surface area contributed by atoms with Gasteiger partial charge in [-0.2, -0.15) is 4.98 Å². The van der Waals surface area contributed by atoms with Crippen LogP contribution in [0.15, 0.2) is 71.4 Å². The van der Waals surface area contributed by atoms with Crippen LogP contribution in [0.3, 0.4) is 0 Å². The van der Waals surface area contributed by atoms with Crippen LogP contribution in [0.5, 0.6) is 0 Å². The summed E-state index contributed by atoms with van der Waals surface area (Å²) in [5.74, 6) is -1.28. The van der Waals surface area contributed by atoms with Gasteiger partial charge in [0.15, 0.2) is 0 Å². The lowest BCUT2D eigenvalue weighted by Crippen LogP contribution is -2.46. The summed E-state index contributed by atoms with van der Waals surface area (Å²) in [6, 6.07) is 16.1. The van der Waals surface area contributed by atoms with Crippen molar-refractivity contribution in [2.45, 2.75) is 51.3 Å². The van der Waals surface area contributed by atoms with E-state index in [4.69, 9.17) is 15.0 Å². The third kappa shape index (κ3) is 8.49. The number of nitrogens with zero attached hydrogens (tertiary/aromatic N) is 3. The summed E-state index contributed by atoms with van der Waals surface area (Å²) in [7, 11) is 0. The molecule has 3 N–H and O–H groups in total. The molecule has 0 saturated carbocycles. The van der Waals surface area contributed by atoms with Crippen LogP contribution in [0.4, 0.5) is 8.78 Å². The Morgan fingerprint density at radius 1 is 1.05 bits per heavy atom. The van der Waals surface area contributed by atoms with Crippen LogP contribution < -0.4 is 11.1 Å². The van der Waals surface area contributed by atoms with Crippen molar-refractivity contribution in [3.63, 3.8) is 0 Å². The molecule has 0 bridgehead atoms. The third-order valence-corrected chi connectivity index (χ3v) is 6.13. The minimum absolute atomic E-state index is 0.0137. The lowest BCUT2D eigenvalue weighted by atomic mass is 10.0. The fraction of sp³-hybridized carbons (Fsp3) is 0.310. The van der Waals surface area contributed by atoms with E-state index in [2.05, 4.69) is 39.5 Å². The van der Waals surface area contributed by atoms with Crippen molar-refractivity contribution in [2.24, 2.45) is 5.73 Å². The molecule has 0 aliphatic rings. The highest BCUT2D eigenvalue weighted by molar-refractivity contribution is 5.69. The Labute approximate surface area is 225 Å². The first-order chi connectivity index (χ1) is 18.9. The van der Waals surface area contributed by atoms with Crippen molar-refractivity contribution in [2.75, 3.05) is 6.54 Å². The second-order valence-corrected chi connectivity index (χ2v) is 9.21. The van der Waals surface area contributed by atoms with Gasteiger partial charge in [-0.3, -0.25) is 9.78 Å². The van der Waals surface area contributed by atoms with E-state index in [1.54, 1.807) is 18.3 Å². The summed E-state index contributed by atoms with van der Waals surface area (Å²) < 4.78 is 38.4. The lowest BCUT2D eigenvalue weighted by molar-refractivity contribution is -0.150. The summed E-state index contributed by atoms with van der Waals surface area (Å²) in [4.78, 5) is 21.2. The number of rotatable bonds is 13. The first kappa shape index (κ1) is 28.0. The van der Waals surface area contributed by atoms with Crippen LogP contribution in [0.1, 0.15) is 35.9 Å². The van der Waals surface area contributed by atoms with Gasteiger partial charge in [-0.1, -0.05) is 42.4 Å². The largest absolute Gasteiger partial charge is 0.459 e. The number of benzene rings is 2. The number of ether oxygens (including phenoxy) is 1. The summed E-state index contributed by atoms with van der Waals surface area (Å²) >= 11 is 0. The van der Waals surface area contributed by atoms with E-state index in [0.717, 1.165) is 18.1 Å². The normalized spacial score (nSPS) is 12.7. The Hall–Kier alpha value is -4.02. The van der Waals surface area contributed by atoms with Crippen molar-refractivity contribution < 1.29 is 22.8 Å². The second-order valence-electron chi connectivity index (χ2n) is 9.21. The minimum Gasteiger partial charge on any atom is -0.459 e. The van der Waals surface area contributed by atoms with Crippen LogP contribution >= 0.6 is 0 Å². The second kappa shape index (κ2) is 13.7. The van der Waals surface area contributed by atoms with Gasteiger partial charge >= 0.3 is 5.97 Å². The molecule has 0 unspecified atom stereocenters. The smallest absolute Gasteiger partial charge is 0.306 e. The van der Waals surface area contributed by atoms with Crippen molar-refractivity contribution in [1.82, 2.24) is 20.4 Å². The van der Waals surface area contributed by atoms with Gasteiger partial charge in [0.25, 0.3) is 0 Å². The molecule has 0 amide bonds. The number of halogens is 2.